The summed E-state index contributed by atoms with van der Waals surface area (Å²) in [5.74, 6) is 0.792. The van der Waals surface area contributed by atoms with Crippen molar-refractivity contribution in [3.05, 3.63) is 12.3 Å². The van der Waals surface area contributed by atoms with Crippen LogP contribution in [0.4, 0.5) is 0 Å². The Kier molecular flexibility index (Phi) is 11.6. The summed E-state index contributed by atoms with van der Waals surface area (Å²) in [6, 6.07) is 0. The average molecular weight is 242 g/mol. The predicted molar refractivity (Wildman–Crippen MR) is 75.2 cm³/mol. The van der Waals surface area contributed by atoms with Gasteiger partial charge in [0.25, 0.3) is 0 Å². The molecule has 0 aromatic carbocycles. The van der Waals surface area contributed by atoms with Crippen molar-refractivity contribution in [2.45, 2.75) is 39.5 Å². The topological polar surface area (TPSA) is 33.3 Å². The molecule has 0 rings (SSSR count). The minimum absolute atomic E-state index is 0.778. The van der Waals surface area contributed by atoms with Gasteiger partial charge in [-0.3, -0.25) is 0 Å². The lowest BCUT2D eigenvalue weighted by molar-refractivity contribution is 0.134. The highest BCUT2D eigenvalue weighted by Crippen LogP contribution is 2.03. The first-order chi connectivity index (χ1) is 8.16. The van der Waals surface area contributed by atoms with Gasteiger partial charge in [-0.05, 0) is 38.8 Å². The highest BCUT2D eigenvalue weighted by atomic mass is 16.5. The van der Waals surface area contributed by atoms with Gasteiger partial charge in [0.2, 0.25) is 0 Å². The summed E-state index contributed by atoms with van der Waals surface area (Å²) in [4.78, 5) is 0. The second-order valence-electron chi connectivity index (χ2n) is 4.89. The number of nitrogens with one attached hydrogen (secondary N) is 2. The van der Waals surface area contributed by atoms with E-state index in [2.05, 4.69) is 31.1 Å². The number of ether oxygens (including phenoxy) is 1. The standard InChI is InChI=1S/C14H30N2O/c1-13(2)7-5-10-16-14(3)8-12-17-11-6-9-15-4/h13,15-16H,3,5-12H2,1-2,4H3. The molecule has 0 saturated carbocycles. The van der Waals surface area contributed by atoms with Crippen molar-refractivity contribution in [2.24, 2.45) is 5.92 Å². The molecule has 0 aromatic heterocycles. The van der Waals surface area contributed by atoms with Crippen molar-refractivity contribution in [1.29, 1.82) is 0 Å². The van der Waals surface area contributed by atoms with Gasteiger partial charge >= 0.3 is 0 Å². The molecule has 0 bridgehead atoms. The van der Waals surface area contributed by atoms with Crippen LogP contribution in [-0.2, 0) is 4.74 Å². The second kappa shape index (κ2) is 11.9. The molecule has 0 aromatic rings. The largest absolute Gasteiger partial charge is 0.389 e. The van der Waals surface area contributed by atoms with Crippen LogP contribution in [0.1, 0.15) is 39.5 Å². The van der Waals surface area contributed by atoms with Crippen LogP contribution >= 0.6 is 0 Å². The summed E-state index contributed by atoms with van der Waals surface area (Å²) in [5, 5.41) is 6.45. The smallest absolute Gasteiger partial charge is 0.0520 e. The van der Waals surface area contributed by atoms with Crippen LogP contribution in [0, 0.1) is 5.92 Å². The van der Waals surface area contributed by atoms with Crippen molar-refractivity contribution in [1.82, 2.24) is 10.6 Å². The summed E-state index contributed by atoms with van der Waals surface area (Å²) in [7, 11) is 1.96. The van der Waals surface area contributed by atoms with Crippen LogP contribution < -0.4 is 10.6 Å². The van der Waals surface area contributed by atoms with E-state index in [-0.39, 0.29) is 0 Å². The van der Waals surface area contributed by atoms with Gasteiger partial charge in [0.05, 0.1) is 6.61 Å². The molecule has 0 fully saturated rings. The molecular weight excluding hydrogens is 212 g/mol. The van der Waals surface area contributed by atoms with E-state index >= 15 is 0 Å². The molecule has 0 amide bonds. The summed E-state index contributed by atoms with van der Waals surface area (Å²) in [6.07, 6.45) is 4.49. The Morgan fingerprint density at radius 1 is 1.18 bits per heavy atom. The van der Waals surface area contributed by atoms with E-state index in [0.29, 0.717) is 0 Å². The lowest BCUT2D eigenvalue weighted by atomic mass is 10.1. The van der Waals surface area contributed by atoms with Gasteiger partial charge in [0.1, 0.15) is 0 Å². The van der Waals surface area contributed by atoms with Crippen molar-refractivity contribution in [3.63, 3.8) is 0 Å². The van der Waals surface area contributed by atoms with Gasteiger partial charge < -0.3 is 15.4 Å². The van der Waals surface area contributed by atoms with Crippen LogP contribution in [-0.4, -0.2) is 33.4 Å². The Balaban J connectivity index is 3.18. The van der Waals surface area contributed by atoms with E-state index in [1.54, 1.807) is 0 Å². The Hall–Kier alpha value is -0.540. The van der Waals surface area contributed by atoms with Crippen molar-refractivity contribution < 1.29 is 4.74 Å². The van der Waals surface area contributed by atoms with E-state index in [9.17, 15) is 0 Å². The maximum Gasteiger partial charge on any atom is 0.0520 e. The maximum absolute atomic E-state index is 5.51. The van der Waals surface area contributed by atoms with Crippen molar-refractivity contribution >= 4 is 0 Å². The molecule has 0 unspecified atom stereocenters. The molecule has 3 heteroatoms. The Labute approximate surface area is 107 Å². The first-order valence-electron chi connectivity index (χ1n) is 6.80. The van der Waals surface area contributed by atoms with E-state index in [4.69, 9.17) is 4.74 Å². The van der Waals surface area contributed by atoms with Crippen LogP contribution in [0.15, 0.2) is 12.3 Å². The summed E-state index contributed by atoms with van der Waals surface area (Å²) < 4.78 is 5.51. The molecule has 0 saturated heterocycles. The lowest BCUT2D eigenvalue weighted by Crippen LogP contribution is -2.16. The van der Waals surface area contributed by atoms with Gasteiger partial charge in [-0.1, -0.05) is 20.4 Å². The average Bonchev–Trinajstić information content (AvgIpc) is 2.29. The molecule has 0 atom stereocenters. The first kappa shape index (κ1) is 16.5. The van der Waals surface area contributed by atoms with Gasteiger partial charge in [-0.15, -0.1) is 0 Å². The first-order valence-corrected chi connectivity index (χ1v) is 6.80. The Bertz CT molecular complexity index is 181. The van der Waals surface area contributed by atoms with Crippen LogP contribution in [0.5, 0.6) is 0 Å². The molecule has 0 heterocycles. The Morgan fingerprint density at radius 3 is 2.59 bits per heavy atom. The van der Waals surface area contributed by atoms with Gasteiger partial charge in [0.15, 0.2) is 0 Å². The van der Waals surface area contributed by atoms with E-state index in [1.807, 2.05) is 7.05 Å². The zero-order valence-electron chi connectivity index (χ0n) is 11.8. The quantitative estimate of drug-likeness (QED) is 0.516. The van der Waals surface area contributed by atoms with Crippen LogP contribution in [0.3, 0.4) is 0 Å². The lowest BCUT2D eigenvalue weighted by Gasteiger charge is -2.10. The molecule has 17 heavy (non-hydrogen) atoms. The predicted octanol–water partition coefficient (Wildman–Crippen LogP) is 2.54. The van der Waals surface area contributed by atoms with E-state index in [1.165, 1.54) is 12.8 Å². The van der Waals surface area contributed by atoms with E-state index < -0.39 is 0 Å². The Morgan fingerprint density at radius 2 is 1.94 bits per heavy atom. The molecule has 0 aliphatic rings. The highest BCUT2D eigenvalue weighted by molar-refractivity contribution is 4.90. The van der Waals surface area contributed by atoms with Crippen molar-refractivity contribution in [2.75, 3.05) is 33.4 Å². The van der Waals surface area contributed by atoms with Gasteiger partial charge in [-0.25, -0.2) is 0 Å². The molecule has 2 N–H and O–H groups in total. The zero-order chi connectivity index (χ0) is 12.9. The fourth-order valence-corrected chi connectivity index (χ4v) is 1.51. The molecule has 3 nitrogen and oxygen atoms in total. The molecule has 0 spiro atoms. The fourth-order valence-electron chi connectivity index (χ4n) is 1.51. The zero-order valence-corrected chi connectivity index (χ0v) is 11.8. The van der Waals surface area contributed by atoms with E-state index in [0.717, 1.165) is 50.8 Å². The monoisotopic (exact) mass is 242 g/mol. The normalized spacial score (nSPS) is 10.8. The minimum atomic E-state index is 0.778. The number of hydrogen-bond donors (Lipinski definition) is 2. The summed E-state index contributed by atoms with van der Waals surface area (Å²) >= 11 is 0. The molecule has 0 aliphatic carbocycles. The maximum atomic E-state index is 5.51. The molecular formula is C14H30N2O. The third-order valence-electron chi connectivity index (χ3n) is 2.60. The second-order valence-corrected chi connectivity index (χ2v) is 4.89. The minimum Gasteiger partial charge on any atom is -0.389 e. The third kappa shape index (κ3) is 13.4. The van der Waals surface area contributed by atoms with Gasteiger partial charge in [-0.2, -0.15) is 0 Å². The summed E-state index contributed by atoms with van der Waals surface area (Å²) in [5.41, 5.74) is 1.10. The number of rotatable bonds is 12. The molecule has 102 valence electrons. The third-order valence-corrected chi connectivity index (χ3v) is 2.60. The van der Waals surface area contributed by atoms with Crippen LogP contribution in [0.2, 0.25) is 0 Å². The van der Waals surface area contributed by atoms with Gasteiger partial charge in [0, 0.05) is 25.3 Å². The van der Waals surface area contributed by atoms with Crippen molar-refractivity contribution in [3.8, 4) is 0 Å². The highest BCUT2D eigenvalue weighted by Gasteiger charge is 1.96. The fraction of sp³-hybridized carbons (Fsp3) is 0.857. The molecule has 0 radical (unpaired) electrons. The number of hydrogen-bond acceptors (Lipinski definition) is 3. The SMILES string of the molecule is C=C(CCOCCCNC)NCCCC(C)C. The summed E-state index contributed by atoms with van der Waals surface area (Å²) in [6.45, 7) is 12.2. The molecule has 0 aliphatic heterocycles. The van der Waals surface area contributed by atoms with Crippen LogP contribution in [0.25, 0.3) is 0 Å².